The molecule has 0 aliphatic carbocycles. The first-order valence-corrected chi connectivity index (χ1v) is 25.9. The first kappa shape index (κ1) is 58.1. The number of rotatable bonds is 44. The third-order valence-electron chi connectivity index (χ3n) is 12.9. The van der Waals surface area contributed by atoms with Gasteiger partial charge in [-0.15, -0.1) is 0 Å². The lowest BCUT2D eigenvalue weighted by molar-refractivity contribution is -0.303. The molecular formula is C50H99NO10. The van der Waals surface area contributed by atoms with Crippen molar-refractivity contribution in [3.8, 4) is 0 Å². The molecule has 1 heterocycles. The molecule has 0 radical (unpaired) electrons. The van der Waals surface area contributed by atoms with Crippen molar-refractivity contribution < 1.29 is 50.0 Å². The number of nitrogens with one attached hydrogen (secondary N) is 1. The van der Waals surface area contributed by atoms with Gasteiger partial charge in [0.2, 0.25) is 5.91 Å². The predicted molar refractivity (Wildman–Crippen MR) is 247 cm³/mol. The van der Waals surface area contributed by atoms with E-state index in [2.05, 4.69) is 19.2 Å². The van der Waals surface area contributed by atoms with Gasteiger partial charge in [-0.3, -0.25) is 4.79 Å². The Kier molecular flexibility index (Phi) is 38.7. The average molecular weight is 874 g/mol. The van der Waals surface area contributed by atoms with Gasteiger partial charge in [-0.2, -0.15) is 0 Å². The normalized spacial score (nSPS) is 21.4. The highest BCUT2D eigenvalue weighted by Gasteiger charge is 2.44. The van der Waals surface area contributed by atoms with Crippen LogP contribution in [0, 0.1) is 0 Å². The van der Waals surface area contributed by atoms with Gasteiger partial charge in [0.1, 0.15) is 36.6 Å². The molecule has 1 rings (SSSR count). The lowest BCUT2D eigenvalue weighted by Gasteiger charge is -2.40. The largest absolute Gasteiger partial charge is 0.394 e. The molecule has 1 aliphatic heterocycles. The fourth-order valence-electron chi connectivity index (χ4n) is 8.62. The van der Waals surface area contributed by atoms with E-state index < -0.39 is 74.2 Å². The van der Waals surface area contributed by atoms with Crippen LogP contribution in [0.3, 0.4) is 0 Å². The van der Waals surface area contributed by atoms with E-state index in [0.717, 1.165) is 44.9 Å². The average Bonchev–Trinajstić information content (AvgIpc) is 3.26. The monoisotopic (exact) mass is 874 g/mol. The highest BCUT2D eigenvalue weighted by Crippen LogP contribution is 2.23. The topological polar surface area (TPSA) is 189 Å². The molecule has 1 aliphatic rings. The van der Waals surface area contributed by atoms with Crippen LogP contribution >= 0.6 is 0 Å². The molecule has 0 saturated carbocycles. The Morgan fingerprint density at radius 2 is 0.852 bits per heavy atom. The zero-order valence-electron chi connectivity index (χ0n) is 39.4. The smallest absolute Gasteiger partial charge is 0.249 e. The summed E-state index contributed by atoms with van der Waals surface area (Å²) < 4.78 is 11.1. The molecule has 1 saturated heterocycles. The van der Waals surface area contributed by atoms with Crippen LogP contribution < -0.4 is 5.32 Å². The maximum Gasteiger partial charge on any atom is 0.249 e. The predicted octanol–water partition coefficient (Wildman–Crippen LogP) is 9.45. The number of unbranched alkanes of at least 4 members (excludes halogenated alkanes) is 32. The van der Waals surface area contributed by atoms with Crippen molar-refractivity contribution in [2.45, 2.75) is 300 Å². The molecule has 0 aromatic heterocycles. The van der Waals surface area contributed by atoms with Crippen LogP contribution in [0.15, 0.2) is 0 Å². The summed E-state index contributed by atoms with van der Waals surface area (Å²) >= 11 is 0. The van der Waals surface area contributed by atoms with Crippen molar-refractivity contribution in [3.63, 3.8) is 0 Å². The standard InChI is InChI=1S/C50H99NO10/c1-3-5-7-9-11-12-13-14-15-16-17-18-19-20-21-22-23-24-25-26-27-28-29-30-32-34-36-38-43(54)49(59)51-41(45(55)42(53)37-35-33-31-10-8-6-4-2)40-60-50-48(58)47(57)46(56)44(39-52)61-50/h41-48,50,52-58H,3-40H2,1-2H3,(H,51,59). The Hall–Kier alpha value is -0.890. The SMILES string of the molecule is CCCCCCCCCCCCCCCCCCCCCCCCCCCCCC(O)C(=O)NC(COC1OC(CO)C(O)C(O)C1O)C(O)C(O)CCCCCCCCC. The third-order valence-corrected chi connectivity index (χ3v) is 12.9. The summed E-state index contributed by atoms with van der Waals surface area (Å²) in [5.41, 5.74) is 0. The zero-order chi connectivity index (χ0) is 44.8. The Bertz CT molecular complexity index is 959. The summed E-state index contributed by atoms with van der Waals surface area (Å²) in [5, 5.41) is 75.4. The number of amides is 1. The van der Waals surface area contributed by atoms with Crippen LogP contribution in [0.4, 0.5) is 0 Å². The Labute approximate surface area is 373 Å². The molecule has 9 unspecified atom stereocenters. The molecule has 11 nitrogen and oxygen atoms in total. The van der Waals surface area contributed by atoms with Crippen LogP contribution in [0.1, 0.15) is 245 Å². The number of ether oxygens (including phenoxy) is 2. The third kappa shape index (κ3) is 30.0. The van der Waals surface area contributed by atoms with Crippen LogP contribution in [0.5, 0.6) is 0 Å². The molecule has 8 N–H and O–H groups in total. The second-order valence-corrected chi connectivity index (χ2v) is 18.6. The summed E-state index contributed by atoms with van der Waals surface area (Å²) in [6, 6.07) is -1.16. The molecule has 1 amide bonds. The van der Waals surface area contributed by atoms with Crippen molar-refractivity contribution >= 4 is 5.91 Å². The minimum atomic E-state index is -1.65. The second kappa shape index (κ2) is 40.6. The van der Waals surface area contributed by atoms with E-state index in [9.17, 15) is 40.5 Å². The molecule has 61 heavy (non-hydrogen) atoms. The second-order valence-electron chi connectivity index (χ2n) is 18.6. The Morgan fingerprint density at radius 3 is 1.21 bits per heavy atom. The van der Waals surface area contributed by atoms with E-state index in [-0.39, 0.29) is 6.42 Å². The summed E-state index contributed by atoms with van der Waals surface area (Å²) in [6.45, 7) is 3.40. The first-order chi connectivity index (χ1) is 29.7. The molecule has 0 spiro atoms. The molecule has 0 aromatic carbocycles. The van der Waals surface area contributed by atoms with E-state index in [1.807, 2.05) is 0 Å². The van der Waals surface area contributed by atoms with E-state index in [0.29, 0.717) is 19.3 Å². The fraction of sp³-hybridized carbons (Fsp3) is 0.980. The van der Waals surface area contributed by atoms with Gasteiger partial charge in [0.25, 0.3) is 0 Å². The number of hydrogen-bond donors (Lipinski definition) is 8. The van der Waals surface area contributed by atoms with E-state index in [4.69, 9.17) is 9.47 Å². The van der Waals surface area contributed by atoms with Crippen LogP contribution in [-0.4, -0.2) is 110 Å². The molecule has 9 atom stereocenters. The van der Waals surface area contributed by atoms with E-state index in [1.165, 1.54) is 161 Å². The van der Waals surface area contributed by atoms with Crippen molar-refractivity contribution in [2.24, 2.45) is 0 Å². The Balaban J connectivity index is 2.19. The minimum Gasteiger partial charge on any atom is -0.394 e. The maximum absolute atomic E-state index is 13.1. The highest BCUT2D eigenvalue weighted by atomic mass is 16.7. The summed E-state index contributed by atoms with van der Waals surface area (Å²) in [7, 11) is 0. The number of aliphatic hydroxyl groups excluding tert-OH is 7. The number of carbonyl (C=O) groups is 1. The molecule has 0 bridgehead atoms. The fourth-order valence-corrected chi connectivity index (χ4v) is 8.62. The molecular weight excluding hydrogens is 775 g/mol. The number of carbonyl (C=O) groups excluding carboxylic acids is 1. The van der Waals surface area contributed by atoms with Gasteiger partial charge in [0.15, 0.2) is 6.29 Å². The van der Waals surface area contributed by atoms with E-state index >= 15 is 0 Å². The lowest BCUT2D eigenvalue weighted by Crippen LogP contribution is -2.60. The van der Waals surface area contributed by atoms with Crippen molar-refractivity contribution in [2.75, 3.05) is 13.2 Å². The van der Waals surface area contributed by atoms with Crippen molar-refractivity contribution in [3.05, 3.63) is 0 Å². The zero-order valence-corrected chi connectivity index (χ0v) is 39.4. The van der Waals surface area contributed by atoms with Gasteiger partial charge in [-0.1, -0.05) is 232 Å². The van der Waals surface area contributed by atoms with Gasteiger partial charge in [-0.05, 0) is 12.8 Å². The van der Waals surface area contributed by atoms with Gasteiger partial charge in [0, 0.05) is 0 Å². The van der Waals surface area contributed by atoms with Crippen molar-refractivity contribution in [1.82, 2.24) is 5.32 Å². The summed E-state index contributed by atoms with van der Waals surface area (Å²) in [5.74, 6) is -0.695. The van der Waals surface area contributed by atoms with Crippen LogP contribution in [0.25, 0.3) is 0 Å². The highest BCUT2D eigenvalue weighted by molar-refractivity contribution is 5.80. The van der Waals surface area contributed by atoms with Gasteiger partial charge < -0.3 is 50.5 Å². The van der Waals surface area contributed by atoms with Gasteiger partial charge in [0.05, 0.1) is 25.4 Å². The quantitative estimate of drug-likeness (QED) is 0.0274. The number of hydrogen-bond acceptors (Lipinski definition) is 10. The first-order valence-electron chi connectivity index (χ1n) is 25.9. The molecule has 1 fully saturated rings. The summed E-state index contributed by atoms with van der Waals surface area (Å²) in [6.07, 6.45) is 32.1. The van der Waals surface area contributed by atoms with Crippen molar-refractivity contribution in [1.29, 1.82) is 0 Å². The van der Waals surface area contributed by atoms with Gasteiger partial charge in [-0.25, -0.2) is 0 Å². The minimum absolute atomic E-state index is 0.266. The molecule has 0 aromatic rings. The summed E-state index contributed by atoms with van der Waals surface area (Å²) in [4.78, 5) is 13.1. The lowest BCUT2D eigenvalue weighted by atomic mass is 9.98. The Morgan fingerprint density at radius 1 is 0.508 bits per heavy atom. The van der Waals surface area contributed by atoms with Crippen LogP contribution in [-0.2, 0) is 14.3 Å². The van der Waals surface area contributed by atoms with Gasteiger partial charge >= 0.3 is 0 Å². The number of aliphatic hydroxyl groups is 7. The van der Waals surface area contributed by atoms with E-state index in [1.54, 1.807) is 0 Å². The molecule has 11 heteroatoms. The van der Waals surface area contributed by atoms with Crippen LogP contribution in [0.2, 0.25) is 0 Å². The molecule has 364 valence electrons. The maximum atomic E-state index is 13.1.